The molecule has 0 saturated carbocycles. The van der Waals surface area contributed by atoms with Crippen molar-refractivity contribution in [2.75, 3.05) is 47.5 Å². The van der Waals surface area contributed by atoms with Crippen molar-refractivity contribution >= 4 is 19.8 Å². The molecule has 1 unspecified atom stereocenters. The van der Waals surface area contributed by atoms with Crippen LogP contribution >= 0.6 is 7.82 Å². The number of unbranched alkanes of at least 4 members (excludes halogenated alkanes) is 8. The fraction of sp³-hybridized carbons (Fsp3) is 0.625. The van der Waals surface area contributed by atoms with Crippen molar-refractivity contribution in [3.05, 3.63) is 97.2 Å². The molecule has 0 aromatic heterocycles. The predicted octanol–water partition coefficient (Wildman–Crippen LogP) is 11.9. The molecule has 10 heteroatoms. The van der Waals surface area contributed by atoms with Crippen LogP contribution in [0.1, 0.15) is 142 Å². The zero-order valence-electron chi connectivity index (χ0n) is 36.9. The number of ether oxygens (including phenoxy) is 2. The number of carbonyl (C=O) groups is 2. The monoisotopic (exact) mass is 830 g/mol. The Balaban J connectivity index is 4.57. The molecule has 9 nitrogen and oxygen atoms in total. The van der Waals surface area contributed by atoms with Crippen molar-refractivity contribution in [2.45, 2.75) is 148 Å². The molecule has 58 heavy (non-hydrogen) atoms. The molecule has 0 N–H and O–H groups in total. The molecule has 330 valence electrons. The number of quaternary nitrogens is 1. The van der Waals surface area contributed by atoms with Crippen molar-refractivity contribution in [1.82, 2.24) is 0 Å². The maximum absolute atomic E-state index is 12.6. The summed E-state index contributed by atoms with van der Waals surface area (Å²) in [5, 5.41) is 0. The summed E-state index contributed by atoms with van der Waals surface area (Å²) in [4.78, 5) is 37.5. The smallest absolute Gasteiger partial charge is 0.306 e. The lowest BCUT2D eigenvalue weighted by atomic mass is 10.1. The van der Waals surface area contributed by atoms with E-state index < -0.39 is 32.5 Å². The van der Waals surface area contributed by atoms with E-state index in [0.717, 1.165) is 57.8 Å². The van der Waals surface area contributed by atoms with Gasteiger partial charge in [0.2, 0.25) is 0 Å². The van der Waals surface area contributed by atoms with Gasteiger partial charge in [-0.25, -0.2) is 0 Å². The second-order valence-electron chi connectivity index (χ2n) is 15.3. The number of esters is 2. The van der Waals surface area contributed by atoms with E-state index in [1.165, 1.54) is 38.5 Å². The molecule has 0 fully saturated rings. The Labute approximate surface area is 353 Å². The minimum Gasteiger partial charge on any atom is -0.756 e. The highest BCUT2D eigenvalue weighted by Gasteiger charge is 2.21. The molecule has 0 radical (unpaired) electrons. The molecular weight excluding hydrogens is 750 g/mol. The van der Waals surface area contributed by atoms with E-state index in [1.54, 1.807) is 0 Å². The van der Waals surface area contributed by atoms with Crippen LogP contribution in [0.3, 0.4) is 0 Å². The first-order chi connectivity index (χ1) is 28.0. The summed E-state index contributed by atoms with van der Waals surface area (Å²) in [7, 11) is 1.08. The molecule has 0 aliphatic heterocycles. The first-order valence-corrected chi connectivity index (χ1v) is 23.4. The Kier molecular flexibility index (Phi) is 37.3. The first-order valence-electron chi connectivity index (χ1n) is 21.9. The van der Waals surface area contributed by atoms with Gasteiger partial charge in [0.05, 0.1) is 27.7 Å². The summed E-state index contributed by atoms with van der Waals surface area (Å²) in [6.07, 6.45) is 51.7. The van der Waals surface area contributed by atoms with Gasteiger partial charge in [0.25, 0.3) is 7.82 Å². The molecule has 0 bridgehead atoms. The van der Waals surface area contributed by atoms with Crippen LogP contribution in [0.5, 0.6) is 0 Å². The number of rotatable bonds is 38. The molecular formula is C48H80NO8P. The molecule has 0 spiro atoms. The van der Waals surface area contributed by atoms with Gasteiger partial charge in [-0.1, -0.05) is 143 Å². The minimum absolute atomic E-state index is 0.0546. The highest BCUT2D eigenvalue weighted by molar-refractivity contribution is 7.45. The third kappa shape index (κ3) is 42.5. The van der Waals surface area contributed by atoms with E-state index in [1.807, 2.05) is 33.3 Å². The van der Waals surface area contributed by atoms with Gasteiger partial charge in [-0.15, -0.1) is 0 Å². The van der Waals surface area contributed by atoms with E-state index >= 15 is 0 Å². The van der Waals surface area contributed by atoms with Crippen molar-refractivity contribution in [2.24, 2.45) is 0 Å². The van der Waals surface area contributed by atoms with E-state index in [2.05, 4.69) is 98.9 Å². The lowest BCUT2D eigenvalue weighted by Crippen LogP contribution is -2.37. The maximum atomic E-state index is 12.6. The second-order valence-corrected chi connectivity index (χ2v) is 16.7. The van der Waals surface area contributed by atoms with Crippen LogP contribution < -0.4 is 4.89 Å². The van der Waals surface area contributed by atoms with Crippen LogP contribution in [0, 0.1) is 0 Å². The van der Waals surface area contributed by atoms with Gasteiger partial charge in [0.1, 0.15) is 19.8 Å². The van der Waals surface area contributed by atoms with Crippen molar-refractivity contribution in [3.63, 3.8) is 0 Å². The maximum Gasteiger partial charge on any atom is 0.306 e. The highest BCUT2D eigenvalue weighted by Crippen LogP contribution is 2.38. The van der Waals surface area contributed by atoms with E-state index in [4.69, 9.17) is 18.5 Å². The number of nitrogens with zero attached hydrogens (tertiary/aromatic N) is 1. The SMILES string of the molecule is CC/C=C/C/C=C/C/C=C/C/C=C/C/C=C/CCCC(=O)O[C@H](COC(=O)CCC/C=C/C/C=C/C/C=C/CCCCCCCC)COP(=O)([O-])OCC[N+](C)(C)C. The normalized spacial score (nSPS) is 14.5. The van der Waals surface area contributed by atoms with Gasteiger partial charge in [-0.05, 0) is 83.5 Å². The van der Waals surface area contributed by atoms with Crippen molar-refractivity contribution < 1.29 is 42.1 Å². The van der Waals surface area contributed by atoms with Gasteiger partial charge >= 0.3 is 11.9 Å². The number of hydrogen-bond donors (Lipinski definition) is 0. The number of phosphoric acid groups is 1. The van der Waals surface area contributed by atoms with Crippen LogP contribution in [0.4, 0.5) is 0 Å². The Morgan fingerprint density at radius 1 is 0.552 bits per heavy atom. The van der Waals surface area contributed by atoms with Crippen molar-refractivity contribution in [1.29, 1.82) is 0 Å². The molecule has 0 amide bonds. The standard InChI is InChI=1S/C48H80NO8P/c1-6-8-10-12-14-16-18-20-22-24-26-28-30-32-34-36-38-40-47(50)54-44-46(45-56-58(52,53)55-43-42-49(3,4)5)57-48(51)41-39-37-35-33-31-29-27-25-23-21-19-17-15-13-11-9-7-2/h9,11,15,17,20-23,26-29,32-35,46H,6-8,10,12-14,16,18-19,24-25,30-31,36-45H2,1-5H3/b11-9+,17-15+,22-20+,23-21+,28-26+,29-27+,34-32+,35-33+/t46-/m1/s1. The molecule has 0 heterocycles. The molecule has 0 saturated heterocycles. The lowest BCUT2D eigenvalue weighted by Gasteiger charge is -2.28. The number of carbonyl (C=O) groups excluding carboxylic acids is 2. The Bertz CT molecular complexity index is 1300. The molecule has 0 aliphatic carbocycles. The summed E-state index contributed by atoms with van der Waals surface area (Å²) in [5.74, 6) is -0.975. The van der Waals surface area contributed by atoms with E-state index in [9.17, 15) is 19.0 Å². The van der Waals surface area contributed by atoms with Gasteiger partial charge < -0.3 is 27.9 Å². The fourth-order valence-corrected chi connectivity index (χ4v) is 5.90. The van der Waals surface area contributed by atoms with Gasteiger partial charge in [0.15, 0.2) is 6.10 Å². The summed E-state index contributed by atoms with van der Waals surface area (Å²) in [6.45, 7) is 3.95. The summed E-state index contributed by atoms with van der Waals surface area (Å²) in [6, 6.07) is 0. The van der Waals surface area contributed by atoms with Crippen molar-refractivity contribution in [3.8, 4) is 0 Å². The number of hydrogen-bond acceptors (Lipinski definition) is 8. The average Bonchev–Trinajstić information content (AvgIpc) is 3.17. The highest BCUT2D eigenvalue weighted by atomic mass is 31.2. The van der Waals surface area contributed by atoms with Gasteiger partial charge in [-0.3, -0.25) is 14.2 Å². The third-order valence-corrected chi connectivity index (χ3v) is 9.55. The molecule has 0 rings (SSSR count). The summed E-state index contributed by atoms with van der Waals surface area (Å²) >= 11 is 0. The van der Waals surface area contributed by atoms with Gasteiger partial charge in [-0.2, -0.15) is 0 Å². The Morgan fingerprint density at radius 2 is 0.983 bits per heavy atom. The first kappa shape index (κ1) is 54.9. The van der Waals surface area contributed by atoms with E-state index in [0.29, 0.717) is 30.3 Å². The zero-order chi connectivity index (χ0) is 42.8. The van der Waals surface area contributed by atoms with E-state index in [-0.39, 0.29) is 26.1 Å². The van der Waals surface area contributed by atoms with Gasteiger partial charge in [0, 0.05) is 12.8 Å². The van der Waals surface area contributed by atoms with Crippen LogP contribution in [0.25, 0.3) is 0 Å². The summed E-state index contributed by atoms with van der Waals surface area (Å²) < 4.78 is 33.7. The number of allylic oxidation sites excluding steroid dienone is 16. The number of likely N-dealkylation sites (N-methyl/N-ethyl adjacent to an activating group) is 1. The molecule has 2 atom stereocenters. The molecule has 0 aromatic carbocycles. The molecule has 0 aromatic rings. The quantitative estimate of drug-likeness (QED) is 0.0199. The number of phosphoric ester groups is 1. The largest absolute Gasteiger partial charge is 0.756 e. The predicted molar refractivity (Wildman–Crippen MR) is 240 cm³/mol. The minimum atomic E-state index is -4.66. The van der Waals surface area contributed by atoms with Crippen LogP contribution in [-0.4, -0.2) is 70.0 Å². The Hall–Kier alpha value is -3.07. The lowest BCUT2D eigenvalue weighted by molar-refractivity contribution is -0.870. The molecule has 0 aliphatic rings. The van der Waals surface area contributed by atoms with Crippen LogP contribution in [-0.2, 0) is 32.7 Å². The Morgan fingerprint density at radius 3 is 1.47 bits per heavy atom. The zero-order valence-corrected chi connectivity index (χ0v) is 37.8. The summed E-state index contributed by atoms with van der Waals surface area (Å²) in [5.41, 5.74) is 0. The fourth-order valence-electron chi connectivity index (χ4n) is 5.17. The topological polar surface area (TPSA) is 111 Å². The second kappa shape index (κ2) is 39.4. The van der Waals surface area contributed by atoms with Crippen LogP contribution in [0.2, 0.25) is 0 Å². The third-order valence-electron chi connectivity index (χ3n) is 8.59. The average molecular weight is 830 g/mol. The van der Waals surface area contributed by atoms with Crippen LogP contribution in [0.15, 0.2) is 97.2 Å².